The van der Waals surface area contributed by atoms with E-state index in [0.29, 0.717) is 24.8 Å². The first kappa shape index (κ1) is 25.2. The highest BCUT2D eigenvalue weighted by Gasteiger charge is 2.62. The lowest BCUT2D eigenvalue weighted by molar-refractivity contribution is -0.149. The number of allylic oxidation sites excluding steroid dienone is 2. The van der Waals surface area contributed by atoms with Crippen molar-refractivity contribution in [2.24, 2.45) is 23.7 Å². The number of aliphatic hydroxyl groups excluding tert-OH is 2. The quantitative estimate of drug-likeness (QED) is 0.465. The minimum atomic E-state index is -2.49. The van der Waals surface area contributed by atoms with Crippen LogP contribution in [0.2, 0.25) is 0 Å². The maximum atomic E-state index is 13.8. The number of hydrogen-bond donors (Lipinski definition) is 4. The fourth-order valence-electron chi connectivity index (χ4n) is 6.58. The fourth-order valence-corrected chi connectivity index (χ4v) is 6.58. The minimum absolute atomic E-state index is 0.0811. The number of carbonyl (C=O) groups is 3. The molecule has 0 bridgehead atoms. The summed E-state index contributed by atoms with van der Waals surface area (Å²) in [5.74, 6) is -6.01. The lowest BCUT2D eigenvalue weighted by Gasteiger charge is -2.50. The molecular weight excluding hydrogens is 448 g/mol. The van der Waals surface area contributed by atoms with Crippen LogP contribution in [0.4, 0.5) is 0 Å². The molecule has 1 aromatic rings. The number of benzene rings is 1. The number of carbonyl (C=O) groups excluding carboxylic acids is 3. The Bertz CT molecular complexity index is 1200. The zero-order valence-electron chi connectivity index (χ0n) is 20.9. The summed E-state index contributed by atoms with van der Waals surface area (Å²) in [6.45, 7) is 8.71. The Morgan fingerprint density at radius 2 is 1.80 bits per heavy atom. The van der Waals surface area contributed by atoms with E-state index in [0.717, 1.165) is 24.5 Å². The number of phenols is 1. The second-order valence-corrected chi connectivity index (χ2v) is 10.5. The average Bonchev–Trinajstić information content (AvgIpc) is 2.77. The van der Waals surface area contributed by atoms with Gasteiger partial charge in [-0.3, -0.25) is 14.4 Å². The predicted molar refractivity (Wildman–Crippen MR) is 129 cm³/mol. The average molecular weight is 483 g/mol. The second kappa shape index (κ2) is 8.63. The number of hydrogen-bond acceptors (Lipinski definition) is 7. The zero-order valence-corrected chi connectivity index (χ0v) is 20.9. The fraction of sp³-hybridized carbons (Fsp3) is 0.536. The monoisotopic (exact) mass is 482 g/mol. The summed E-state index contributed by atoms with van der Waals surface area (Å²) in [7, 11) is 0. The van der Waals surface area contributed by atoms with Gasteiger partial charge in [0.25, 0.3) is 0 Å². The van der Waals surface area contributed by atoms with Crippen molar-refractivity contribution in [3.63, 3.8) is 0 Å². The second-order valence-electron chi connectivity index (χ2n) is 10.5. The topological polar surface area (TPSA) is 132 Å². The van der Waals surface area contributed by atoms with Crippen molar-refractivity contribution < 1.29 is 34.8 Å². The van der Waals surface area contributed by atoms with E-state index in [1.54, 1.807) is 0 Å². The summed E-state index contributed by atoms with van der Waals surface area (Å²) >= 11 is 0. The molecule has 3 aliphatic rings. The van der Waals surface area contributed by atoms with Crippen LogP contribution in [-0.2, 0) is 28.9 Å². The van der Waals surface area contributed by atoms with Crippen LogP contribution in [0.25, 0.3) is 0 Å². The van der Waals surface area contributed by atoms with Gasteiger partial charge in [-0.1, -0.05) is 40.2 Å². The van der Waals surface area contributed by atoms with Gasteiger partial charge in [-0.05, 0) is 61.1 Å². The molecule has 0 saturated heterocycles. The number of Topliss-reactive ketones (excluding diaryl/α,β-unsaturated/α-hetero) is 3. The smallest absolute Gasteiger partial charge is 0.209 e. The van der Waals surface area contributed by atoms with Crippen LogP contribution in [0.3, 0.4) is 0 Å². The molecule has 0 aliphatic heterocycles. The third kappa shape index (κ3) is 3.39. The predicted octanol–water partition coefficient (Wildman–Crippen LogP) is 4.08. The maximum Gasteiger partial charge on any atom is 0.209 e. The van der Waals surface area contributed by atoms with E-state index in [2.05, 4.69) is 0 Å². The Balaban J connectivity index is 1.97. The van der Waals surface area contributed by atoms with Crippen LogP contribution in [0.5, 0.6) is 5.75 Å². The number of aryl methyl sites for hydroxylation is 2. The third-order valence-electron chi connectivity index (χ3n) is 8.15. The first-order chi connectivity index (χ1) is 16.4. The molecule has 0 saturated carbocycles. The Labute approximate surface area is 205 Å². The molecule has 0 spiro atoms. The van der Waals surface area contributed by atoms with E-state index < -0.39 is 52.0 Å². The molecule has 7 heteroatoms. The molecule has 3 unspecified atom stereocenters. The summed E-state index contributed by atoms with van der Waals surface area (Å²) in [5, 5.41) is 45.0. The van der Waals surface area contributed by atoms with Gasteiger partial charge in [-0.2, -0.15) is 0 Å². The van der Waals surface area contributed by atoms with Crippen LogP contribution >= 0.6 is 0 Å². The number of aliphatic hydroxyl groups is 3. The van der Waals surface area contributed by atoms with Gasteiger partial charge in [0, 0.05) is 17.4 Å². The molecule has 0 amide bonds. The molecule has 188 valence electrons. The Kier molecular flexibility index (Phi) is 6.20. The van der Waals surface area contributed by atoms with Crippen molar-refractivity contribution in [1.82, 2.24) is 0 Å². The highest BCUT2D eigenvalue weighted by atomic mass is 16.3. The van der Waals surface area contributed by atoms with E-state index in [-0.39, 0.29) is 35.0 Å². The molecule has 1 aromatic carbocycles. The van der Waals surface area contributed by atoms with Gasteiger partial charge < -0.3 is 20.4 Å². The summed E-state index contributed by atoms with van der Waals surface area (Å²) in [4.78, 5) is 39.5. The number of fused-ring (bicyclic) bond motifs is 3. The Morgan fingerprint density at radius 1 is 1.14 bits per heavy atom. The lowest BCUT2D eigenvalue weighted by Crippen LogP contribution is -2.60. The van der Waals surface area contributed by atoms with Crippen molar-refractivity contribution in [1.29, 1.82) is 0 Å². The molecular formula is C28H34O7. The minimum Gasteiger partial charge on any atom is -0.511 e. The van der Waals surface area contributed by atoms with Gasteiger partial charge in [0.1, 0.15) is 22.8 Å². The summed E-state index contributed by atoms with van der Waals surface area (Å²) in [6, 6.07) is 1.94. The highest BCUT2D eigenvalue weighted by Crippen LogP contribution is 2.55. The third-order valence-corrected chi connectivity index (χ3v) is 8.15. The van der Waals surface area contributed by atoms with Crippen molar-refractivity contribution in [3.8, 4) is 5.75 Å². The van der Waals surface area contributed by atoms with E-state index >= 15 is 0 Å². The van der Waals surface area contributed by atoms with Crippen molar-refractivity contribution in [2.45, 2.75) is 72.3 Å². The summed E-state index contributed by atoms with van der Waals surface area (Å²) in [5.41, 5.74) is -0.638. The summed E-state index contributed by atoms with van der Waals surface area (Å²) < 4.78 is 0. The van der Waals surface area contributed by atoms with Gasteiger partial charge >= 0.3 is 0 Å². The molecule has 0 heterocycles. The van der Waals surface area contributed by atoms with Crippen LogP contribution < -0.4 is 0 Å². The lowest BCUT2D eigenvalue weighted by atomic mass is 9.55. The molecule has 0 aromatic heterocycles. The van der Waals surface area contributed by atoms with Gasteiger partial charge in [0.05, 0.1) is 5.56 Å². The van der Waals surface area contributed by atoms with Crippen molar-refractivity contribution in [3.05, 3.63) is 51.0 Å². The molecule has 35 heavy (non-hydrogen) atoms. The number of ketones is 3. The normalized spacial score (nSPS) is 28.3. The molecule has 4 N–H and O–H groups in total. The number of phenolic OH excluding ortho intramolecular Hbond substituents is 1. The van der Waals surface area contributed by atoms with E-state index in [9.17, 15) is 34.8 Å². The van der Waals surface area contributed by atoms with Crippen molar-refractivity contribution in [2.75, 3.05) is 0 Å². The van der Waals surface area contributed by atoms with E-state index in [4.69, 9.17) is 0 Å². The molecule has 0 fully saturated rings. The Morgan fingerprint density at radius 3 is 2.34 bits per heavy atom. The Hall–Kier alpha value is -2.93. The van der Waals surface area contributed by atoms with Crippen LogP contribution in [0, 0.1) is 23.7 Å². The van der Waals surface area contributed by atoms with E-state index in [1.807, 2.05) is 33.8 Å². The van der Waals surface area contributed by atoms with Crippen molar-refractivity contribution >= 4 is 17.3 Å². The van der Waals surface area contributed by atoms with Crippen LogP contribution in [-0.4, -0.2) is 43.4 Å². The molecule has 4 atom stereocenters. The first-order valence-electron chi connectivity index (χ1n) is 12.5. The van der Waals surface area contributed by atoms with Gasteiger partial charge in [-0.15, -0.1) is 0 Å². The highest BCUT2D eigenvalue weighted by molar-refractivity contribution is 6.25. The van der Waals surface area contributed by atoms with Gasteiger partial charge in [0.2, 0.25) is 5.78 Å². The van der Waals surface area contributed by atoms with Crippen LogP contribution in [0.15, 0.2) is 28.7 Å². The molecule has 4 rings (SSSR count). The first-order valence-corrected chi connectivity index (χ1v) is 12.5. The number of rotatable bonds is 5. The summed E-state index contributed by atoms with van der Waals surface area (Å²) in [6.07, 6.45) is 2.55. The largest absolute Gasteiger partial charge is 0.511 e. The standard InChI is InChI=1S/C28H34O7/c1-6-8-15-9-14(7-2)17-10-16-11-18-19(12(3)4)24(31)20(13(5)29)26(33)28(18,35)27(34)21(16)25(32)22(17)23(15)30/h9,12,16,18-19,30-31,34-35H,6-8,10-11H2,1-5H3/t16?,18?,19?,28-/m0/s1. The maximum absolute atomic E-state index is 13.8. The zero-order chi connectivity index (χ0) is 26.0. The molecule has 3 aliphatic carbocycles. The molecule has 7 nitrogen and oxygen atoms in total. The SMILES string of the molecule is CCCc1cc(CC)c2c(c1O)C(=O)C1=C(O)[C@@]3(O)C(=O)C(C(C)=O)=C(O)C(C(C)C)C3CC1C2. The van der Waals surface area contributed by atoms with Gasteiger partial charge in [-0.25, -0.2) is 0 Å². The number of aromatic hydroxyl groups is 1. The van der Waals surface area contributed by atoms with Gasteiger partial charge in [0.15, 0.2) is 17.2 Å². The van der Waals surface area contributed by atoms with E-state index in [1.165, 1.54) is 0 Å². The van der Waals surface area contributed by atoms with Crippen LogP contribution in [0.1, 0.15) is 74.5 Å². The molecule has 0 radical (unpaired) electrons.